The van der Waals surface area contributed by atoms with E-state index in [1.807, 2.05) is 0 Å². The van der Waals surface area contributed by atoms with Gasteiger partial charge in [0, 0.05) is 0 Å². The third kappa shape index (κ3) is 3.19. The predicted octanol–water partition coefficient (Wildman–Crippen LogP) is -4.76. The smallest absolute Gasteiger partial charge is 0.189 e. The number of rotatable bonds is 4. The standard InChI is InChI=1S/C11H20O10/c12-1-3-5(14)7(16)9(18)11(19-3)21-10-8(17)6(15)4(2-13)20-10/h3-18H,1-2H2/t3?,4-,5-,6?,7?,8?,9?,10+,11-/m1/s1. The molecule has 2 saturated heterocycles. The molecule has 2 heterocycles. The van der Waals surface area contributed by atoms with Crippen molar-refractivity contribution in [3.05, 3.63) is 0 Å². The predicted molar refractivity (Wildman–Crippen MR) is 62.6 cm³/mol. The Labute approximate surface area is 119 Å². The van der Waals surface area contributed by atoms with Crippen LogP contribution in [-0.4, -0.2) is 104 Å². The Kier molecular flexibility index (Phi) is 5.48. The van der Waals surface area contributed by atoms with Gasteiger partial charge in [0.1, 0.15) is 42.7 Å². The number of aliphatic hydroxyl groups is 7. The van der Waals surface area contributed by atoms with E-state index in [-0.39, 0.29) is 0 Å². The summed E-state index contributed by atoms with van der Waals surface area (Å²) in [4.78, 5) is 0. The molecule has 0 amide bonds. The fraction of sp³-hybridized carbons (Fsp3) is 1.00. The van der Waals surface area contributed by atoms with E-state index in [1.165, 1.54) is 0 Å². The zero-order chi connectivity index (χ0) is 15.7. The molecular weight excluding hydrogens is 292 g/mol. The van der Waals surface area contributed by atoms with E-state index in [0.29, 0.717) is 0 Å². The van der Waals surface area contributed by atoms with Crippen LogP contribution in [0.5, 0.6) is 0 Å². The number of hydrogen-bond donors (Lipinski definition) is 7. The second kappa shape index (κ2) is 6.79. The first-order valence-corrected chi connectivity index (χ1v) is 6.49. The molecule has 124 valence electrons. The zero-order valence-corrected chi connectivity index (χ0v) is 11.0. The third-order valence-electron chi connectivity index (χ3n) is 3.62. The van der Waals surface area contributed by atoms with Gasteiger partial charge in [0.05, 0.1) is 13.2 Å². The van der Waals surface area contributed by atoms with Crippen LogP contribution in [0.15, 0.2) is 0 Å². The van der Waals surface area contributed by atoms with Gasteiger partial charge in [0.15, 0.2) is 12.6 Å². The molecule has 7 N–H and O–H groups in total. The van der Waals surface area contributed by atoms with Gasteiger partial charge in [-0.05, 0) is 0 Å². The maximum absolute atomic E-state index is 9.77. The highest BCUT2D eigenvalue weighted by Crippen LogP contribution is 2.28. The summed E-state index contributed by atoms with van der Waals surface area (Å²) in [5.41, 5.74) is 0. The Morgan fingerprint density at radius 2 is 1.00 bits per heavy atom. The fourth-order valence-corrected chi connectivity index (χ4v) is 2.29. The summed E-state index contributed by atoms with van der Waals surface area (Å²) in [6.45, 7) is -1.17. The number of aliphatic hydroxyl groups excluding tert-OH is 7. The van der Waals surface area contributed by atoms with Gasteiger partial charge >= 0.3 is 0 Å². The average Bonchev–Trinajstić information content (AvgIpc) is 2.75. The lowest BCUT2D eigenvalue weighted by Crippen LogP contribution is -2.60. The molecule has 0 spiro atoms. The molecule has 21 heavy (non-hydrogen) atoms. The van der Waals surface area contributed by atoms with Gasteiger partial charge in [-0.2, -0.15) is 0 Å². The fourth-order valence-electron chi connectivity index (χ4n) is 2.29. The highest BCUT2D eigenvalue weighted by molar-refractivity contribution is 4.91. The first kappa shape index (κ1) is 17.0. The van der Waals surface area contributed by atoms with Crippen molar-refractivity contribution in [2.24, 2.45) is 0 Å². The molecule has 0 aromatic rings. The quantitative estimate of drug-likeness (QED) is 0.267. The summed E-state index contributed by atoms with van der Waals surface area (Å²) >= 11 is 0. The van der Waals surface area contributed by atoms with Crippen LogP contribution in [0.4, 0.5) is 0 Å². The first-order valence-electron chi connectivity index (χ1n) is 6.49. The highest BCUT2D eigenvalue weighted by atomic mass is 16.8. The first-order chi connectivity index (χ1) is 9.90. The Hall–Kier alpha value is -0.400. The summed E-state index contributed by atoms with van der Waals surface area (Å²) in [6.07, 6.45) is -12.8. The van der Waals surface area contributed by atoms with E-state index in [1.54, 1.807) is 0 Å². The maximum Gasteiger partial charge on any atom is 0.189 e. The molecule has 0 radical (unpaired) electrons. The van der Waals surface area contributed by atoms with Gasteiger partial charge in [0.2, 0.25) is 0 Å². The summed E-state index contributed by atoms with van der Waals surface area (Å²) in [6, 6.07) is 0. The SMILES string of the molecule is OCC1O[C@H](O[C@@H]2O[C@H](CO)C(O)C2O)C(O)C(O)[C@@H]1O. The zero-order valence-electron chi connectivity index (χ0n) is 11.0. The average molecular weight is 312 g/mol. The van der Waals surface area contributed by atoms with Crippen LogP contribution >= 0.6 is 0 Å². The second-order valence-corrected chi connectivity index (χ2v) is 5.04. The van der Waals surface area contributed by atoms with Crippen molar-refractivity contribution in [1.82, 2.24) is 0 Å². The normalized spacial score (nSPS) is 51.3. The highest BCUT2D eigenvalue weighted by Gasteiger charge is 2.49. The summed E-state index contributed by atoms with van der Waals surface area (Å²) in [7, 11) is 0. The Bertz CT molecular complexity index is 339. The van der Waals surface area contributed by atoms with E-state index >= 15 is 0 Å². The Morgan fingerprint density at radius 1 is 0.619 bits per heavy atom. The lowest BCUT2D eigenvalue weighted by Gasteiger charge is -2.40. The maximum atomic E-state index is 9.77. The van der Waals surface area contributed by atoms with Gasteiger partial charge < -0.3 is 50.0 Å². The Balaban J connectivity index is 2.01. The van der Waals surface area contributed by atoms with Crippen LogP contribution in [-0.2, 0) is 14.2 Å². The second-order valence-electron chi connectivity index (χ2n) is 5.04. The van der Waals surface area contributed by atoms with Crippen LogP contribution in [0.2, 0.25) is 0 Å². The molecule has 2 aliphatic rings. The summed E-state index contributed by atoms with van der Waals surface area (Å²) in [5, 5.41) is 66.2. The number of hydrogen-bond acceptors (Lipinski definition) is 10. The topological polar surface area (TPSA) is 169 Å². The molecule has 0 aromatic carbocycles. The van der Waals surface area contributed by atoms with Crippen LogP contribution in [0, 0.1) is 0 Å². The van der Waals surface area contributed by atoms with Crippen LogP contribution in [0.25, 0.3) is 0 Å². The molecule has 10 heteroatoms. The van der Waals surface area contributed by atoms with Gasteiger partial charge in [-0.1, -0.05) is 0 Å². The van der Waals surface area contributed by atoms with Crippen LogP contribution in [0.1, 0.15) is 0 Å². The van der Waals surface area contributed by atoms with Crippen molar-refractivity contribution in [3.8, 4) is 0 Å². The number of ether oxygens (including phenoxy) is 3. The van der Waals surface area contributed by atoms with Crippen LogP contribution in [0.3, 0.4) is 0 Å². The molecule has 0 bridgehead atoms. The molecule has 5 unspecified atom stereocenters. The molecule has 0 saturated carbocycles. The molecule has 10 nitrogen and oxygen atoms in total. The van der Waals surface area contributed by atoms with E-state index in [0.717, 1.165) is 0 Å². The molecule has 2 aliphatic heterocycles. The van der Waals surface area contributed by atoms with Crippen molar-refractivity contribution in [1.29, 1.82) is 0 Å². The minimum atomic E-state index is -1.65. The lowest BCUT2D eigenvalue weighted by molar-refractivity contribution is -0.341. The van der Waals surface area contributed by atoms with Crippen molar-refractivity contribution in [3.63, 3.8) is 0 Å². The monoisotopic (exact) mass is 312 g/mol. The van der Waals surface area contributed by atoms with E-state index in [4.69, 9.17) is 24.4 Å². The summed E-state index contributed by atoms with van der Waals surface area (Å²) < 4.78 is 15.3. The minimum Gasteiger partial charge on any atom is -0.394 e. The van der Waals surface area contributed by atoms with Crippen molar-refractivity contribution in [2.75, 3.05) is 13.2 Å². The van der Waals surface area contributed by atoms with Crippen molar-refractivity contribution < 1.29 is 50.0 Å². The molecular formula is C11H20O10. The van der Waals surface area contributed by atoms with Gasteiger partial charge in [-0.15, -0.1) is 0 Å². The molecule has 0 aromatic heterocycles. The van der Waals surface area contributed by atoms with E-state index in [2.05, 4.69) is 0 Å². The van der Waals surface area contributed by atoms with E-state index in [9.17, 15) is 25.5 Å². The van der Waals surface area contributed by atoms with Crippen molar-refractivity contribution in [2.45, 2.75) is 55.3 Å². The van der Waals surface area contributed by atoms with Crippen molar-refractivity contribution >= 4 is 0 Å². The van der Waals surface area contributed by atoms with Gasteiger partial charge in [-0.3, -0.25) is 0 Å². The summed E-state index contributed by atoms with van der Waals surface area (Å²) in [5.74, 6) is 0. The Morgan fingerprint density at radius 3 is 1.43 bits per heavy atom. The van der Waals surface area contributed by atoms with Crippen LogP contribution < -0.4 is 0 Å². The largest absolute Gasteiger partial charge is 0.394 e. The van der Waals surface area contributed by atoms with Gasteiger partial charge in [-0.25, -0.2) is 0 Å². The molecule has 9 atom stereocenters. The molecule has 0 aliphatic carbocycles. The molecule has 2 fully saturated rings. The van der Waals surface area contributed by atoms with Gasteiger partial charge in [0.25, 0.3) is 0 Å². The third-order valence-corrected chi connectivity index (χ3v) is 3.62. The minimum absolute atomic E-state index is 0.549. The van der Waals surface area contributed by atoms with E-state index < -0.39 is 68.5 Å². The lowest BCUT2D eigenvalue weighted by atomic mass is 9.99. The molecule has 2 rings (SSSR count).